The van der Waals surface area contributed by atoms with E-state index in [1.54, 1.807) is 41.1 Å². The van der Waals surface area contributed by atoms with Gasteiger partial charge >= 0.3 is 5.97 Å². The van der Waals surface area contributed by atoms with Crippen molar-refractivity contribution in [1.29, 1.82) is 0 Å². The number of hydrogen-bond acceptors (Lipinski definition) is 3. The van der Waals surface area contributed by atoms with Gasteiger partial charge in [0.1, 0.15) is 18.0 Å². The molecule has 5 nitrogen and oxygen atoms in total. The molecule has 172 valence electrons. The summed E-state index contributed by atoms with van der Waals surface area (Å²) in [6.07, 6.45) is 3.85. The first-order valence-corrected chi connectivity index (χ1v) is 11.3. The fourth-order valence-corrected chi connectivity index (χ4v) is 4.14. The normalized spacial score (nSPS) is 11.2. The maximum absolute atomic E-state index is 11.2. The number of carbonyl (C=O) groups is 1. The predicted molar refractivity (Wildman–Crippen MR) is 136 cm³/mol. The number of aromatic nitrogens is 2. The number of para-hydroxylation sites is 1. The number of aryl methyl sites for hydroxylation is 2. The van der Waals surface area contributed by atoms with Gasteiger partial charge in [0.05, 0.1) is 27.0 Å². The second kappa shape index (κ2) is 10.2. The van der Waals surface area contributed by atoms with Crippen molar-refractivity contribution in [2.75, 3.05) is 0 Å². The van der Waals surface area contributed by atoms with Gasteiger partial charge in [0, 0.05) is 0 Å². The molecule has 0 fully saturated rings. The number of carboxylic acid groups (broad SMARTS) is 1. The zero-order valence-corrected chi connectivity index (χ0v) is 20.1. The zero-order chi connectivity index (χ0) is 24.2. The highest BCUT2D eigenvalue weighted by Gasteiger charge is 2.14. The van der Waals surface area contributed by atoms with E-state index in [4.69, 9.17) is 33.0 Å². The van der Waals surface area contributed by atoms with E-state index in [2.05, 4.69) is 5.10 Å². The molecule has 0 spiro atoms. The topological polar surface area (TPSA) is 64.3 Å². The third-order valence-corrected chi connectivity index (χ3v) is 5.88. The van der Waals surface area contributed by atoms with Crippen molar-refractivity contribution in [1.82, 2.24) is 9.78 Å². The number of ether oxygens (including phenoxy) is 1. The van der Waals surface area contributed by atoms with Crippen LogP contribution in [0.25, 0.3) is 17.8 Å². The Hall–Kier alpha value is -3.54. The molecule has 0 unspecified atom stereocenters. The molecule has 4 rings (SSSR count). The van der Waals surface area contributed by atoms with Crippen molar-refractivity contribution in [2.24, 2.45) is 0 Å². The molecular formula is C27H22Cl2N2O3. The Morgan fingerprint density at radius 3 is 2.44 bits per heavy atom. The summed E-state index contributed by atoms with van der Waals surface area (Å²) in [5.74, 6) is -0.223. The van der Waals surface area contributed by atoms with Gasteiger partial charge in [-0.3, -0.25) is 0 Å². The summed E-state index contributed by atoms with van der Waals surface area (Å²) >= 11 is 12.8. The number of aromatic carboxylic acids is 1. The average Bonchev–Trinajstić information content (AvgIpc) is 3.17. The van der Waals surface area contributed by atoms with Crippen LogP contribution >= 0.6 is 23.2 Å². The fourth-order valence-electron chi connectivity index (χ4n) is 3.58. The maximum atomic E-state index is 11.2. The van der Waals surface area contributed by atoms with Gasteiger partial charge in [-0.1, -0.05) is 59.6 Å². The van der Waals surface area contributed by atoms with Crippen LogP contribution in [-0.4, -0.2) is 20.9 Å². The van der Waals surface area contributed by atoms with Crippen molar-refractivity contribution in [3.05, 3.63) is 110 Å². The lowest BCUT2D eigenvalue weighted by molar-refractivity contribution is 0.0697. The SMILES string of the molecule is Cc1cc(COc2ccc(C=Cc3cccc(C(=O)O)c3)c(C)c2)n(-c2c(Cl)cccc2Cl)n1. The van der Waals surface area contributed by atoms with Crippen LogP contribution in [0.5, 0.6) is 5.75 Å². The third-order valence-electron chi connectivity index (χ3n) is 5.27. The van der Waals surface area contributed by atoms with Gasteiger partial charge in [-0.25, -0.2) is 9.48 Å². The number of benzene rings is 3. The van der Waals surface area contributed by atoms with Crippen molar-refractivity contribution in [2.45, 2.75) is 20.5 Å². The standard InChI is InChI=1S/C27H22Cl2N2O3/c1-17-13-23(12-11-20(17)10-9-19-5-3-6-21(15-19)27(32)33)34-16-22-14-18(2)30-31(22)26-24(28)7-4-8-25(26)29/h3-15H,16H2,1-2H3,(H,32,33). The van der Waals surface area contributed by atoms with Crippen molar-refractivity contribution < 1.29 is 14.6 Å². The Balaban J connectivity index is 1.50. The molecule has 0 bridgehead atoms. The predicted octanol–water partition coefficient (Wildman–Crippen LogP) is 7.24. The van der Waals surface area contributed by atoms with Crippen LogP contribution < -0.4 is 4.74 Å². The van der Waals surface area contributed by atoms with Crippen molar-refractivity contribution >= 4 is 41.3 Å². The quantitative estimate of drug-likeness (QED) is 0.276. The van der Waals surface area contributed by atoms with Crippen LogP contribution in [0.2, 0.25) is 10.0 Å². The van der Waals surface area contributed by atoms with Gasteiger partial charge in [-0.05, 0) is 73.0 Å². The summed E-state index contributed by atoms with van der Waals surface area (Å²) < 4.78 is 7.77. The molecule has 1 heterocycles. The Labute approximate surface area is 207 Å². The first-order chi connectivity index (χ1) is 16.3. The fraction of sp³-hybridized carbons (Fsp3) is 0.111. The molecular weight excluding hydrogens is 471 g/mol. The van der Waals surface area contributed by atoms with E-state index in [0.717, 1.165) is 33.8 Å². The van der Waals surface area contributed by atoms with Gasteiger partial charge in [0.2, 0.25) is 0 Å². The highest BCUT2D eigenvalue weighted by molar-refractivity contribution is 6.37. The summed E-state index contributed by atoms with van der Waals surface area (Å²) in [6, 6.07) is 19.9. The first kappa shape index (κ1) is 23.6. The van der Waals surface area contributed by atoms with Crippen LogP contribution in [0, 0.1) is 13.8 Å². The Bertz CT molecular complexity index is 1370. The number of halogens is 2. The molecule has 0 aliphatic heterocycles. The van der Waals surface area contributed by atoms with Gasteiger partial charge in [0.15, 0.2) is 0 Å². The summed E-state index contributed by atoms with van der Waals surface area (Å²) in [5.41, 5.74) is 5.40. The maximum Gasteiger partial charge on any atom is 0.335 e. The lowest BCUT2D eigenvalue weighted by Gasteiger charge is -2.12. The Kier molecular flexibility index (Phi) is 7.06. The minimum absolute atomic E-state index is 0.259. The molecule has 1 aromatic heterocycles. The summed E-state index contributed by atoms with van der Waals surface area (Å²) in [7, 11) is 0. The van der Waals surface area contributed by atoms with E-state index in [-0.39, 0.29) is 5.56 Å². The van der Waals surface area contributed by atoms with E-state index in [0.29, 0.717) is 22.3 Å². The van der Waals surface area contributed by atoms with Gasteiger partial charge < -0.3 is 9.84 Å². The summed E-state index contributed by atoms with van der Waals surface area (Å²) in [5, 5.41) is 14.7. The number of rotatable bonds is 7. The highest BCUT2D eigenvalue weighted by atomic mass is 35.5. The van der Waals surface area contributed by atoms with Crippen LogP contribution in [0.1, 0.15) is 38.4 Å². The minimum atomic E-state index is -0.943. The van der Waals surface area contributed by atoms with E-state index in [1.807, 2.05) is 56.3 Å². The van der Waals surface area contributed by atoms with Gasteiger partial charge in [-0.2, -0.15) is 5.10 Å². The Morgan fingerprint density at radius 1 is 1.00 bits per heavy atom. The van der Waals surface area contributed by atoms with Crippen LogP contribution in [0.15, 0.2) is 66.7 Å². The van der Waals surface area contributed by atoms with Crippen LogP contribution in [0.3, 0.4) is 0 Å². The molecule has 0 aliphatic carbocycles. The molecule has 7 heteroatoms. The molecule has 4 aromatic rings. The van der Waals surface area contributed by atoms with Crippen LogP contribution in [-0.2, 0) is 6.61 Å². The summed E-state index contributed by atoms with van der Waals surface area (Å²) in [6.45, 7) is 4.19. The molecule has 0 saturated carbocycles. The van der Waals surface area contributed by atoms with Gasteiger partial charge in [0.25, 0.3) is 0 Å². The smallest absolute Gasteiger partial charge is 0.335 e. The monoisotopic (exact) mass is 492 g/mol. The number of hydrogen-bond donors (Lipinski definition) is 1. The zero-order valence-electron chi connectivity index (χ0n) is 18.6. The van der Waals surface area contributed by atoms with Crippen molar-refractivity contribution in [3.8, 4) is 11.4 Å². The third kappa shape index (κ3) is 5.33. The number of nitrogens with zero attached hydrogens (tertiary/aromatic N) is 2. The molecule has 3 aromatic carbocycles. The molecule has 0 amide bonds. The second-order valence-corrected chi connectivity index (χ2v) is 8.64. The molecule has 0 radical (unpaired) electrons. The molecule has 0 aliphatic rings. The second-order valence-electron chi connectivity index (χ2n) is 7.83. The molecule has 0 saturated heterocycles. The van der Waals surface area contributed by atoms with Gasteiger partial charge in [-0.15, -0.1) is 0 Å². The van der Waals surface area contributed by atoms with E-state index in [9.17, 15) is 4.79 Å². The highest BCUT2D eigenvalue weighted by Crippen LogP contribution is 2.30. The van der Waals surface area contributed by atoms with Crippen molar-refractivity contribution in [3.63, 3.8) is 0 Å². The molecule has 0 atom stereocenters. The van der Waals surface area contributed by atoms with E-state index in [1.165, 1.54) is 0 Å². The van der Waals surface area contributed by atoms with Crippen LogP contribution in [0.4, 0.5) is 0 Å². The first-order valence-electron chi connectivity index (χ1n) is 10.6. The Morgan fingerprint density at radius 2 is 1.74 bits per heavy atom. The van der Waals surface area contributed by atoms with E-state index < -0.39 is 5.97 Å². The lowest BCUT2D eigenvalue weighted by Crippen LogP contribution is -2.07. The van der Waals surface area contributed by atoms with E-state index >= 15 is 0 Å². The molecule has 34 heavy (non-hydrogen) atoms. The largest absolute Gasteiger partial charge is 0.487 e. The average molecular weight is 493 g/mol. The lowest BCUT2D eigenvalue weighted by atomic mass is 10.1. The minimum Gasteiger partial charge on any atom is -0.487 e. The molecule has 1 N–H and O–H groups in total. The summed E-state index contributed by atoms with van der Waals surface area (Å²) in [4.78, 5) is 11.2. The number of carboxylic acids is 1.